The maximum absolute atomic E-state index is 12.9. The van der Waals surface area contributed by atoms with Crippen molar-refractivity contribution in [2.24, 2.45) is 0 Å². The van der Waals surface area contributed by atoms with E-state index in [-0.39, 0.29) is 28.2 Å². The summed E-state index contributed by atoms with van der Waals surface area (Å²) in [6, 6.07) is 4.29. The monoisotopic (exact) mass is 461 g/mol. The molecule has 1 aromatic carbocycles. The van der Waals surface area contributed by atoms with E-state index >= 15 is 0 Å². The van der Waals surface area contributed by atoms with Crippen molar-refractivity contribution in [2.75, 3.05) is 52.5 Å². The Balaban J connectivity index is 2.05. The molecule has 0 bridgehead atoms. The van der Waals surface area contributed by atoms with Gasteiger partial charge in [0, 0.05) is 44.3 Å². The van der Waals surface area contributed by atoms with Gasteiger partial charge in [0.25, 0.3) is 5.91 Å². The lowest BCUT2D eigenvalue weighted by Crippen LogP contribution is -2.51. The Morgan fingerprint density at radius 1 is 1.07 bits per heavy atom. The van der Waals surface area contributed by atoms with Gasteiger partial charge in [0.1, 0.15) is 10.6 Å². The van der Waals surface area contributed by atoms with Gasteiger partial charge in [0.05, 0.1) is 6.61 Å². The second-order valence-electron chi connectivity index (χ2n) is 6.54. The van der Waals surface area contributed by atoms with E-state index in [0.29, 0.717) is 45.9 Å². The Labute approximate surface area is 182 Å². The summed E-state index contributed by atoms with van der Waals surface area (Å²) in [5, 5.41) is 0.259. The van der Waals surface area contributed by atoms with Crippen LogP contribution in [0.4, 0.5) is 4.79 Å². The number of carbonyl (C=O) groups excluding carboxylic acids is 2. The Morgan fingerprint density at radius 3 is 2.23 bits per heavy atom. The van der Waals surface area contributed by atoms with Gasteiger partial charge in [0.2, 0.25) is 10.0 Å². The molecule has 0 spiro atoms. The molecule has 0 aromatic heterocycles. The smallest absolute Gasteiger partial charge is 0.409 e. The van der Waals surface area contributed by atoms with Crippen molar-refractivity contribution < 1.29 is 27.5 Å². The van der Waals surface area contributed by atoms with Gasteiger partial charge in [-0.15, -0.1) is 0 Å². The average molecular weight is 462 g/mol. The van der Waals surface area contributed by atoms with Crippen LogP contribution in [0.3, 0.4) is 0 Å². The van der Waals surface area contributed by atoms with Crippen molar-refractivity contribution in [2.45, 2.75) is 25.7 Å². The van der Waals surface area contributed by atoms with Crippen LogP contribution >= 0.6 is 11.6 Å². The SMILES string of the molecule is CCOC(=O)N1CCN(C(=O)COc2ccc(Cl)cc2S(=O)(=O)N(CC)CC)CC1. The first-order chi connectivity index (χ1) is 14.2. The van der Waals surface area contributed by atoms with Gasteiger partial charge in [-0.2, -0.15) is 4.31 Å². The van der Waals surface area contributed by atoms with E-state index in [9.17, 15) is 18.0 Å². The molecular weight excluding hydrogens is 434 g/mol. The Hall–Kier alpha value is -2.04. The summed E-state index contributed by atoms with van der Waals surface area (Å²) in [6.45, 7) is 7.24. The van der Waals surface area contributed by atoms with Gasteiger partial charge in [-0.3, -0.25) is 4.79 Å². The lowest BCUT2D eigenvalue weighted by molar-refractivity contribution is -0.135. The van der Waals surface area contributed by atoms with Crippen LogP contribution in [0.2, 0.25) is 5.02 Å². The van der Waals surface area contributed by atoms with Crippen LogP contribution in [0.15, 0.2) is 23.1 Å². The molecule has 9 nitrogen and oxygen atoms in total. The molecule has 0 radical (unpaired) electrons. The lowest BCUT2D eigenvalue weighted by atomic mass is 10.3. The molecule has 0 saturated carbocycles. The van der Waals surface area contributed by atoms with E-state index < -0.39 is 16.1 Å². The van der Waals surface area contributed by atoms with Gasteiger partial charge in [-0.25, -0.2) is 13.2 Å². The zero-order chi connectivity index (χ0) is 22.3. The minimum atomic E-state index is -3.81. The van der Waals surface area contributed by atoms with Crippen LogP contribution in [0.5, 0.6) is 5.75 Å². The highest BCUT2D eigenvalue weighted by Crippen LogP contribution is 2.30. The number of halogens is 1. The molecule has 1 fully saturated rings. The minimum absolute atomic E-state index is 0.0707. The van der Waals surface area contributed by atoms with Crippen LogP contribution in [-0.2, 0) is 19.6 Å². The number of carbonyl (C=O) groups is 2. The molecule has 0 aliphatic carbocycles. The molecule has 1 saturated heterocycles. The van der Waals surface area contributed by atoms with Crippen molar-refractivity contribution in [3.63, 3.8) is 0 Å². The predicted octanol–water partition coefficient (Wildman–Crippen LogP) is 2.05. The molecule has 11 heteroatoms. The summed E-state index contributed by atoms with van der Waals surface area (Å²) in [7, 11) is -3.81. The fourth-order valence-electron chi connectivity index (χ4n) is 3.09. The zero-order valence-corrected chi connectivity index (χ0v) is 19.0. The van der Waals surface area contributed by atoms with Gasteiger partial charge in [0.15, 0.2) is 6.61 Å². The van der Waals surface area contributed by atoms with Crippen molar-refractivity contribution in [1.29, 1.82) is 0 Å². The quantitative estimate of drug-likeness (QED) is 0.587. The van der Waals surface area contributed by atoms with E-state index in [1.54, 1.807) is 30.6 Å². The van der Waals surface area contributed by atoms with Crippen LogP contribution in [0, 0.1) is 0 Å². The number of benzene rings is 1. The fraction of sp³-hybridized carbons (Fsp3) is 0.579. The molecule has 0 atom stereocenters. The molecular formula is C19H28ClN3O6S. The molecule has 1 aliphatic heterocycles. The predicted molar refractivity (Wildman–Crippen MR) is 112 cm³/mol. The highest BCUT2D eigenvalue weighted by atomic mass is 35.5. The summed E-state index contributed by atoms with van der Waals surface area (Å²) in [6.07, 6.45) is -0.395. The molecule has 0 unspecified atom stereocenters. The Bertz CT molecular complexity index is 852. The van der Waals surface area contributed by atoms with E-state index in [1.807, 2.05) is 0 Å². The van der Waals surface area contributed by atoms with E-state index in [4.69, 9.17) is 21.1 Å². The molecule has 2 amide bonds. The molecule has 1 heterocycles. The highest BCUT2D eigenvalue weighted by Gasteiger charge is 2.28. The molecule has 1 aliphatic rings. The van der Waals surface area contributed by atoms with Gasteiger partial charge < -0.3 is 19.3 Å². The van der Waals surface area contributed by atoms with Crippen LogP contribution in [0.1, 0.15) is 20.8 Å². The highest BCUT2D eigenvalue weighted by molar-refractivity contribution is 7.89. The summed E-state index contributed by atoms with van der Waals surface area (Å²) in [5.74, 6) is -0.218. The topological polar surface area (TPSA) is 96.5 Å². The number of ether oxygens (including phenoxy) is 2. The maximum atomic E-state index is 12.9. The Morgan fingerprint density at radius 2 is 1.67 bits per heavy atom. The lowest BCUT2D eigenvalue weighted by Gasteiger charge is -2.34. The summed E-state index contributed by atoms with van der Waals surface area (Å²) >= 11 is 6.00. The van der Waals surface area contributed by atoms with Crippen LogP contribution in [0.25, 0.3) is 0 Å². The maximum Gasteiger partial charge on any atom is 0.409 e. The second kappa shape index (κ2) is 10.8. The fourth-order valence-corrected chi connectivity index (χ4v) is 4.94. The molecule has 168 valence electrons. The summed E-state index contributed by atoms with van der Waals surface area (Å²) in [5.41, 5.74) is 0. The minimum Gasteiger partial charge on any atom is -0.482 e. The van der Waals surface area contributed by atoms with E-state index in [1.165, 1.54) is 22.5 Å². The number of piperazine rings is 1. The van der Waals surface area contributed by atoms with Crippen molar-refractivity contribution in [3.05, 3.63) is 23.2 Å². The first-order valence-corrected chi connectivity index (χ1v) is 11.7. The van der Waals surface area contributed by atoms with E-state index in [0.717, 1.165) is 0 Å². The number of amides is 2. The number of hydrogen-bond acceptors (Lipinski definition) is 6. The molecule has 0 N–H and O–H groups in total. The third kappa shape index (κ3) is 5.77. The van der Waals surface area contributed by atoms with E-state index in [2.05, 4.69) is 0 Å². The number of nitrogens with zero attached hydrogens (tertiary/aromatic N) is 3. The molecule has 30 heavy (non-hydrogen) atoms. The van der Waals surface area contributed by atoms with Crippen molar-refractivity contribution >= 4 is 33.6 Å². The average Bonchev–Trinajstić information content (AvgIpc) is 2.73. The van der Waals surface area contributed by atoms with Crippen LogP contribution < -0.4 is 4.74 Å². The summed E-state index contributed by atoms with van der Waals surface area (Å²) < 4.78 is 37.7. The second-order valence-corrected chi connectivity index (χ2v) is 8.88. The van der Waals surface area contributed by atoms with Gasteiger partial charge in [-0.1, -0.05) is 25.4 Å². The zero-order valence-electron chi connectivity index (χ0n) is 17.5. The third-order valence-corrected chi connectivity index (χ3v) is 7.04. The molecule has 1 aromatic rings. The summed E-state index contributed by atoms with van der Waals surface area (Å²) in [4.78, 5) is 27.3. The number of hydrogen-bond donors (Lipinski definition) is 0. The van der Waals surface area contributed by atoms with Gasteiger partial charge >= 0.3 is 6.09 Å². The normalized spacial score (nSPS) is 14.7. The van der Waals surface area contributed by atoms with Crippen molar-refractivity contribution in [3.8, 4) is 5.75 Å². The van der Waals surface area contributed by atoms with Gasteiger partial charge in [-0.05, 0) is 25.1 Å². The number of rotatable bonds is 8. The third-order valence-electron chi connectivity index (χ3n) is 4.74. The largest absolute Gasteiger partial charge is 0.482 e. The first kappa shape index (κ1) is 24.2. The van der Waals surface area contributed by atoms with Crippen LogP contribution in [-0.4, -0.2) is 87.0 Å². The molecule has 2 rings (SSSR count). The standard InChI is InChI=1S/C19H28ClN3O6S/c1-4-23(5-2)30(26,27)17-13-15(20)7-8-16(17)29-14-18(24)21-9-11-22(12-10-21)19(25)28-6-3/h7-8,13H,4-6,9-12,14H2,1-3H3. The van der Waals surface area contributed by atoms with Crippen molar-refractivity contribution in [1.82, 2.24) is 14.1 Å². The first-order valence-electron chi connectivity index (χ1n) is 9.86. The number of sulfonamides is 1. The Kier molecular flexibility index (Phi) is 8.75.